The SMILES string of the molecule is CCNS(=O)(=O)c1cccc(C(=O)Nc2ccccc2Oc2ccc(OCC)cc2)c1. The summed E-state index contributed by atoms with van der Waals surface area (Å²) < 4.78 is 38.2. The van der Waals surface area contributed by atoms with Crippen molar-refractivity contribution in [1.82, 2.24) is 4.72 Å². The third kappa shape index (κ3) is 5.84. The monoisotopic (exact) mass is 440 g/mol. The van der Waals surface area contributed by atoms with Crippen molar-refractivity contribution in [3.8, 4) is 17.2 Å². The molecule has 0 fully saturated rings. The molecule has 3 rings (SSSR count). The predicted octanol–water partition coefficient (Wildman–Crippen LogP) is 4.43. The van der Waals surface area contributed by atoms with Crippen LogP contribution in [-0.2, 0) is 10.0 Å². The fourth-order valence-electron chi connectivity index (χ4n) is 2.83. The summed E-state index contributed by atoms with van der Waals surface area (Å²) in [7, 11) is -3.66. The average molecular weight is 441 g/mol. The van der Waals surface area contributed by atoms with E-state index in [1.165, 1.54) is 18.2 Å². The summed E-state index contributed by atoms with van der Waals surface area (Å²) in [6.45, 7) is 4.44. The molecule has 0 bridgehead atoms. The minimum absolute atomic E-state index is 0.0286. The van der Waals surface area contributed by atoms with Crippen molar-refractivity contribution in [2.45, 2.75) is 18.7 Å². The van der Waals surface area contributed by atoms with Crippen LogP contribution in [0.3, 0.4) is 0 Å². The second-order valence-corrected chi connectivity index (χ2v) is 8.25. The number of para-hydroxylation sites is 2. The second kappa shape index (κ2) is 10.1. The maximum atomic E-state index is 12.8. The van der Waals surface area contributed by atoms with Crippen LogP contribution in [-0.4, -0.2) is 27.5 Å². The number of anilines is 1. The molecule has 7 nitrogen and oxygen atoms in total. The molecule has 0 radical (unpaired) electrons. The number of rotatable bonds is 9. The minimum atomic E-state index is -3.66. The second-order valence-electron chi connectivity index (χ2n) is 6.49. The van der Waals surface area contributed by atoms with E-state index in [4.69, 9.17) is 9.47 Å². The molecule has 0 spiro atoms. The van der Waals surface area contributed by atoms with Crippen molar-refractivity contribution in [1.29, 1.82) is 0 Å². The van der Waals surface area contributed by atoms with Gasteiger partial charge in [-0.15, -0.1) is 0 Å². The van der Waals surface area contributed by atoms with Gasteiger partial charge >= 0.3 is 0 Å². The Morgan fingerprint density at radius 3 is 2.32 bits per heavy atom. The standard InChI is InChI=1S/C23H24N2O5S/c1-3-24-31(27,28)20-9-7-8-17(16-20)23(26)25-21-10-5-6-11-22(21)30-19-14-12-18(13-15-19)29-4-2/h5-16,24H,3-4H2,1-2H3,(H,25,26). The van der Waals surface area contributed by atoms with E-state index in [0.29, 0.717) is 23.8 Å². The number of carbonyl (C=O) groups is 1. The number of amides is 1. The molecule has 0 unspecified atom stereocenters. The summed E-state index contributed by atoms with van der Waals surface area (Å²) in [5.41, 5.74) is 0.677. The van der Waals surface area contributed by atoms with Crippen molar-refractivity contribution in [2.24, 2.45) is 0 Å². The molecule has 0 atom stereocenters. The summed E-state index contributed by atoms with van der Waals surface area (Å²) >= 11 is 0. The molecule has 31 heavy (non-hydrogen) atoms. The summed E-state index contributed by atoms with van der Waals surface area (Å²) in [6.07, 6.45) is 0. The Kier molecular flexibility index (Phi) is 7.28. The third-order valence-electron chi connectivity index (χ3n) is 4.24. The van der Waals surface area contributed by atoms with Gasteiger partial charge in [0.25, 0.3) is 5.91 Å². The van der Waals surface area contributed by atoms with Gasteiger partial charge in [0.15, 0.2) is 5.75 Å². The van der Waals surface area contributed by atoms with Gasteiger partial charge in [-0.1, -0.05) is 25.1 Å². The Morgan fingerprint density at radius 2 is 1.61 bits per heavy atom. The highest BCUT2D eigenvalue weighted by atomic mass is 32.2. The van der Waals surface area contributed by atoms with Crippen molar-refractivity contribution < 1.29 is 22.7 Å². The van der Waals surface area contributed by atoms with E-state index in [-0.39, 0.29) is 17.0 Å². The van der Waals surface area contributed by atoms with Gasteiger partial charge < -0.3 is 14.8 Å². The molecule has 0 saturated carbocycles. The molecule has 0 heterocycles. The van der Waals surface area contributed by atoms with Crippen molar-refractivity contribution in [3.05, 3.63) is 78.4 Å². The topological polar surface area (TPSA) is 93.7 Å². The summed E-state index contributed by atoms with van der Waals surface area (Å²) in [6, 6.07) is 20.0. The first-order valence-electron chi connectivity index (χ1n) is 9.83. The van der Waals surface area contributed by atoms with Crippen molar-refractivity contribution in [3.63, 3.8) is 0 Å². The van der Waals surface area contributed by atoms with E-state index >= 15 is 0 Å². The number of nitrogens with one attached hydrogen (secondary N) is 2. The first-order chi connectivity index (χ1) is 14.9. The predicted molar refractivity (Wildman–Crippen MR) is 119 cm³/mol. The molecule has 0 aliphatic heterocycles. The Balaban J connectivity index is 1.78. The van der Waals surface area contributed by atoms with Crippen molar-refractivity contribution >= 4 is 21.6 Å². The molecule has 2 N–H and O–H groups in total. The first kappa shape index (κ1) is 22.3. The Labute approximate surface area is 182 Å². The molecule has 0 saturated heterocycles. The van der Waals surface area contributed by atoms with Crippen LogP contribution in [0, 0.1) is 0 Å². The Morgan fingerprint density at radius 1 is 0.903 bits per heavy atom. The van der Waals surface area contributed by atoms with E-state index in [1.54, 1.807) is 61.5 Å². The van der Waals surface area contributed by atoms with E-state index in [9.17, 15) is 13.2 Å². The summed E-state index contributed by atoms with van der Waals surface area (Å²) in [5.74, 6) is 1.33. The zero-order chi connectivity index (χ0) is 22.3. The molecule has 0 aliphatic carbocycles. The summed E-state index contributed by atoms with van der Waals surface area (Å²) in [5, 5.41) is 2.79. The lowest BCUT2D eigenvalue weighted by molar-refractivity contribution is 0.102. The van der Waals surface area contributed by atoms with Gasteiger partial charge in [0.2, 0.25) is 10.0 Å². The van der Waals surface area contributed by atoms with E-state index < -0.39 is 15.9 Å². The lowest BCUT2D eigenvalue weighted by Crippen LogP contribution is -2.23. The molecule has 0 aliphatic rings. The van der Waals surface area contributed by atoms with Crippen LogP contribution in [0.5, 0.6) is 17.2 Å². The van der Waals surface area contributed by atoms with Crippen LogP contribution in [0.25, 0.3) is 0 Å². The van der Waals surface area contributed by atoms with Crippen LogP contribution in [0.1, 0.15) is 24.2 Å². The smallest absolute Gasteiger partial charge is 0.255 e. The molecule has 162 valence electrons. The van der Waals surface area contributed by atoms with E-state index in [0.717, 1.165) is 5.75 Å². The maximum Gasteiger partial charge on any atom is 0.255 e. The highest BCUT2D eigenvalue weighted by Crippen LogP contribution is 2.30. The van der Waals surface area contributed by atoms with Gasteiger partial charge in [0.05, 0.1) is 17.2 Å². The third-order valence-corrected chi connectivity index (χ3v) is 5.78. The number of sulfonamides is 1. The van der Waals surface area contributed by atoms with E-state index in [1.807, 2.05) is 6.92 Å². The molecule has 1 amide bonds. The number of hydrogen-bond acceptors (Lipinski definition) is 5. The zero-order valence-electron chi connectivity index (χ0n) is 17.3. The lowest BCUT2D eigenvalue weighted by Gasteiger charge is -2.13. The largest absolute Gasteiger partial charge is 0.494 e. The molecule has 0 aromatic heterocycles. The van der Waals surface area contributed by atoms with Gasteiger partial charge in [-0.2, -0.15) is 0 Å². The number of ether oxygens (including phenoxy) is 2. The minimum Gasteiger partial charge on any atom is -0.494 e. The number of hydrogen-bond donors (Lipinski definition) is 2. The van der Waals surface area contributed by atoms with Crippen LogP contribution >= 0.6 is 0 Å². The van der Waals surface area contributed by atoms with Crippen LogP contribution in [0.4, 0.5) is 5.69 Å². The van der Waals surface area contributed by atoms with Gasteiger partial charge in [-0.05, 0) is 61.5 Å². The maximum absolute atomic E-state index is 12.8. The molecule has 3 aromatic rings. The van der Waals surface area contributed by atoms with Gasteiger partial charge in [0.1, 0.15) is 11.5 Å². The van der Waals surface area contributed by atoms with Crippen LogP contribution in [0.2, 0.25) is 0 Å². The van der Waals surface area contributed by atoms with Crippen molar-refractivity contribution in [2.75, 3.05) is 18.5 Å². The van der Waals surface area contributed by atoms with Crippen LogP contribution in [0.15, 0.2) is 77.7 Å². The highest BCUT2D eigenvalue weighted by Gasteiger charge is 2.16. The van der Waals surface area contributed by atoms with Crippen LogP contribution < -0.4 is 19.5 Å². The van der Waals surface area contributed by atoms with Gasteiger partial charge in [-0.25, -0.2) is 13.1 Å². The first-order valence-corrected chi connectivity index (χ1v) is 11.3. The zero-order valence-corrected chi connectivity index (χ0v) is 18.1. The van der Waals surface area contributed by atoms with E-state index in [2.05, 4.69) is 10.0 Å². The number of carbonyl (C=O) groups excluding carboxylic acids is 1. The van der Waals surface area contributed by atoms with Gasteiger partial charge in [-0.3, -0.25) is 4.79 Å². The molecule has 3 aromatic carbocycles. The Bertz CT molecular complexity index is 1140. The fraction of sp³-hybridized carbons (Fsp3) is 0.174. The molecular weight excluding hydrogens is 416 g/mol. The normalized spacial score (nSPS) is 11.0. The van der Waals surface area contributed by atoms with Gasteiger partial charge in [0, 0.05) is 12.1 Å². The lowest BCUT2D eigenvalue weighted by atomic mass is 10.2. The fourth-order valence-corrected chi connectivity index (χ4v) is 3.92. The quantitative estimate of drug-likeness (QED) is 0.513. The highest BCUT2D eigenvalue weighted by molar-refractivity contribution is 7.89. The molecular formula is C23H24N2O5S. The molecule has 8 heteroatoms. The summed E-state index contributed by atoms with van der Waals surface area (Å²) in [4.78, 5) is 12.8. The average Bonchev–Trinajstić information content (AvgIpc) is 2.77. The Hall–Kier alpha value is -3.36. The number of benzene rings is 3.